The molecule has 0 saturated carbocycles. The summed E-state index contributed by atoms with van der Waals surface area (Å²) < 4.78 is 1.69. The quantitative estimate of drug-likeness (QED) is 0.758. The Morgan fingerprint density at radius 2 is 2.09 bits per heavy atom. The summed E-state index contributed by atoms with van der Waals surface area (Å²) in [7, 11) is 1.83. The van der Waals surface area contributed by atoms with Gasteiger partial charge in [0.15, 0.2) is 12.8 Å². The highest BCUT2D eigenvalue weighted by molar-refractivity contribution is 5.96. The molecule has 2 rings (SSSR count). The SMILES string of the molecule is CC1N=[N+](C)C=C1C(=O)CCNC(C)C(O)c1ccccc1. The summed E-state index contributed by atoms with van der Waals surface area (Å²) in [6.07, 6.45) is 1.61. The van der Waals surface area contributed by atoms with Crippen LogP contribution in [0.5, 0.6) is 0 Å². The number of nitrogens with one attached hydrogen (secondary N) is 1. The van der Waals surface area contributed by atoms with Crippen molar-refractivity contribution in [2.75, 3.05) is 13.6 Å². The van der Waals surface area contributed by atoms with Crippen LogP contribution < -0.4 is 5.32 Å². The highest BCUT2D eigenvalue weighted by Gasteiger charge is 2.27. The number of hydrogen-bond acceptors (Lipinski definition) is 4. The van der Waals surface area contributed by atoms with Crippen LogP contribution in [0.2, 0.25) is 0 Å². The molecule has 5 nitrogen and oxygen atoms in total. The van der Waals surface area contributed by atoms with Crippen LogP contribution in [0.4, 0.5) is 0 Å². The number of Topliss-reactive ketones (excluding diaryl/α,β-unsaturated/α-hetero) is 1. The van der Waals surface area contributed by atoms with Crippen LogP contribution in [-0.2, 0) is 4.79 Å². The third-order valence-electron chi connectivity index (χ3n) is 3.89. The van der Waals surface area contributed by atoms with Gasteiger partial charge in [-0.3, -0.25) is 4.79 Å². The number of nitrogens with zero attached hydrogens (tertiary/aromatic N) is 2. The molecule has 0 aromatic heterocycles. The van der Waals surface area contributed by atoms with E-state index in [0.29, 0.717) is 13.0 Å². The summed E-state index contributed by atoms with van der Waals surface area (Å²) in [6.45, 7) is 4.38. The zero-order valence-electron chi connectivity index (χ0n) is 13.4. The van der Waals surface area contributed by atoms with Gasteiger partial charge in [-0.25, -0.2) is 0 Å². The number of rotatable bonds is 7. The third-order valence-corrected chi connectivity index (χ3v) is 3.89. The molecule has 0 fully saturated rings. The number of aliphatic hydroxyl groups excluding tert-OH is 1. The van der Waals surface area contributed by atoms with Crippen LogP contribution >= 0.6 is 0 Å². The van der Waals surface area contributed by atoms with Gasteiger partial charge in [0.25, 0.3) is 0 Å². The highest BCUT2D eigenvalue weighted by Crippen LogP contribution is 2.17. The number of ketones is 1. The zero-order chi connectivity index (χ0) is 16.1. The number of benzene rings is 1. The van der Waals surface area contributed by atoms with E-state index < -0.39 is 6.10 Å². The van der Waals surface area contributed by atoms with Gasteiger partial charge in [-0.1, -0.05) is 35.0 Å². The van der Waals surface area contributed by atoms with Crippen molar-refractivity contribution in [1.82, 2.24) is 5.32 Å². The summed E-state index contributed by atoms with van der Waals surface area (Å²) in [4.78, 5) is 12.2. The van der Waals surface area contributed by atoms with Gasteiger partial charge >= 0.3 is 0 Å². The summed E-state index contributed by atoms with van der Waals surface area (Å²) in [5.41, 5.74) is 1.63. The maximum Gasteiger partial charge on any atom is 0.204 e. The Morgan fingerprint density at radius 3 is 2.68 bits per heavy atom. The van der Waals surface area contributed by atoms with Crippen LogP contribution in [0.15, 0.2) is 47.2 Å². The average Bonchev–Trinajstić information content (AvgIpc) is 2.86. The van der Waals surface area contributed by atoms with Crippen LogP contribution in [0.1, 0.15) is 31.9 Å². The molecule has 22 heavy (non-hydrogen) atoms. The maximum absolute atomic E-state index is 12.2. The fourth-order valence-corrected chi connectivity index (χ4v) is 2.59. The van der Waals surface area contributed by atoms with Gasteiger partial charge in [0.2, 0.25) is 6.20 Å². The molecule has 5 heteroatoms. The van der Waals surface area contributed by atoms with Crippen molar-refractivity contribution in [3.05, 3.63) is 47.7 Å². The summed E-state index contributed by atoms with van der Waals surface area (Å²) in [6, 6.07) is 9.35. The number of hydrogen-bond donors (Lipinski definition) is 2. The zero-order valence-corrected chi connectivity index (χ0v) is 13.4. The fraction of sp³-hybridized carbons (Fsp3) is 0.471. The molecule has 3 unspecified atom stereocenters. The molecule has 1 aromatic carbocycles. The lowest BCUT2D eigenvalue weighted by atomic mass is 10.0. The van der Waals surface area contributed by atoms with E-state index in [-0.39, 0.29) is 17.9 Å². The minimum atomic E-state index is -0.581. The summed E-state index contributed by atoms with van der Waals surface area (Å²) in [5.74, 6) is 0.106. The van der Waals surface area contributed by atoms with Gasteiger partial charge in [-0.05, 0) is 24.5 Å². The largest absolute Gasteiger partial charge is 0.387 e. The Hall–Kier alpha value is -1.85. The second kappa shape index (κ2) is 7.42. The Labute approximate surface area is 131 Å². The van der Waals surface area contributed by atoms with Gasteiger partial charge < -0.3 is 10.4 Å². The number of carbonyl (C=O) groups is 1. The molecule has 1 aromatic rings. The number of azo groups is 2. The van der Waals surface area contributed by atoms with Crippen molar-refractivity contribution < 1.29 is 14.6 Å². The van der Waals surface area contributed by atoms with Crippen molar-refractivity contribution in [1.29, 1.82) is 0 Å². The van der Waals surface area contributed by atoms with Gasteiger partial charge in [-0.2, -0.15) is 0 Å². The molecule has 0 bridgehead atoms. The van der Waals surface area contributed by atoms with Crippen LogP contribution in [0, 0.1) is 0 Å². The molecule has 0 spiro atoms. The Bertz CT molecular complexity index is 581. The molecule has 1 aliphatic heterocycles. The average molecular weight is 302 g/mol. The minimum absolute atomic E-state index is 0.0650. The normalized spacial score (nSPS) is 20.3. The van der Waals surface area contributed by atoms with E-state index in [0.717, 1.165) is 11.1 Å². The van der Waals surface area contributed by atoms with Crippen molar-refractivity contribution in [3.63, 3.8) is 0 Å². The molecular formula is C17H24N3O2+. The fourth-order valence-electron chi connectivity index (χ4n) is 2.59. The van der Waals surface area contributed by atoms with Crippen LogP contribution in [0.3, 0.4) is 0 Å². The first-order chi connectivity index (χ1) is 10.5. The predicted octanol–water partition coefficient (Wildman–Crippen LogP) is 2.04. The van der Waals surface area contributed by atoms with Gasteiger partial charge in [0, 0.05) is 19.0 Å². The molecule has 1 aliphatic rings. The van der Waals surface area contributed by atoms with E-state index in [1.807, 2.05) is 51.2 Å². The second-order valence-electron chi connectivity index (χ2n) is 5.72. The van der Waals surface area contributed by atoms with E-state index in [9.17, 15) is 9.90 Å². The third kappa shape index (κ3) is 4.08. The first kappa shape index (κ1) is 16.5. The lowest BCUT2D eigenvalue weighted by Crippen LogP contribution is -2.34. The highest BCUT2D eigenvalue weighted by atomic mass is 16.3. The second-order valence-corrected chi connectivity index (χ2v) is 5.72. The minimum Gasteiger partial charge on any atom is -0.387 e. The number of aliphatic hydroxyl groups is 1. The van der Waals surface area contributed by atoms with Crippen molar-refractivity contribution in [2.45, 2.75) is 38.5 Å². The van der Waals surface area contributed by atoms with Crippen molar-refractivity contribution in [2.24, 2.45) is 5.11 Å². The van der Waals surface area contributed by atoms with Crippen LogP contribution in [0.25, 0.3) is 0 Å². The molecule has 0 saturated heterocycles. The van der Waals surface area contributed by atoms with E-state index >= 15 is 0 Å². The smallest absolute Gasteiger partial charge is 0.204 e. The molecule has 0 radical (unpaired) electrons. The number of carbonyl (C=O) groups excluding carboxylic acids is 1. The first-order valence-electron chi connectivity index (χ1n) is 7.64. The van der Waals surface area contributed by atoms with Gasteiger partial charge in [0.1, 0.15) is 6.04 Å². The van der Waals surface area contributed by atoms with E-state index in [2.05, 4.69) is 10.4 Å². The molecule has 2 N–H and O–H groups in total. The maximum atomic E-state index is 12.2. The topological polar surface area (TPSA) is 64.7 Å². The molecule has 0 amide bonds. The monoisotopic (exact) mass is 302 g/mol. The van der Waals surface area contributed by atoms with E-state index in [1.54, 1.807) is 10.9 Å². The Balaban J connectivity index is 1.79. The Morgan fingerprint density at radius 1 is 1.41 bits per heavy atom. The lowest BCUT2D eigenvalue weighted by molar-refractivity contribution is -0.493. The van der Waals surface area contributed by atoms with E-state index in [1.165, 1.54) is 0 Å². The lowest BCUT2D eigenvalue weighted by Gasteiger charge is -2.20. The van der Waals surface area contributed by atoms with E-state index in [4.69, 9.17) is 0 Å². The molecule has 3 atom stereocenters. The van der Waals surface area contributed by atoms with Crippen molar-refractivity contribution in [3.8, 4) is 0 Å². The summed E-state index contributed by atoms with van der Waals surface area (Å²) >= 11 is 0. The van der Waals surface area contributed by atoms with Crippen LogP contribution in [-0.4, -0.2) is 41.3 Å². The Kier molecular flexibility index (Phi) is 5.57. The molecular weight excluding hydrogens is 278 g/mol. The standard InChI is InChI=1S/C17H24N3O2/c1-12-15(11-20(3)19-12)16(21)9-10-18-13(2)17(22)14-7-5-4-6-8-14/h4-8,11-13,17-18,22H,9-10H2,1-3H3/q+1. The van der Waals surface area contributed by atoms with Crippen molar-refractivity contribution >= 4 is 5.78 Å². The summed E-state index contributed by atoms with van der Waals surface area (Å²) in [5, 5.41) is 17.7. The van der Waals surface area contributed by atoms with Gasteiger partial charge in [0.05, 0.1) is 11.7 Å². The molecule has 118 valence electrons. The predicted molar refractivity (Wildman–Crippen MR) is 84.6 cm³/mol. The first-order valence-corrected chi connectivity index (χ1v) is 7.64. The van der Waals surface area contributed by atoms with Gasteiger partial charge in [-0.15, -0.1) is 0 Å². The molecule has 0 aliphatic carbocycles. The molecule has 1 heterocycles.